The van der Waals surface area contributed by atoms with Crippen molar-refractivity contribution >= 4 is 22.2 Å². The minimum Gasteiger partial charge on any atom is -0.492 e. The molecule has 3 heterocycles. The van der Waals surface area contributed by atoms with Crippen LogP contribution in [0.2, 0.25) is 0 Å². The van der Waals surface area contributed by atoms with Crippen molar-refractivity contribution in [2.75, 3.05) is 19.7 Å². The molecule has 0 radical (unpaired) electrons. The summed E-state index contributed by atoms with van der Waals surface area (Å²) < 4.78 is 6.24. The highest BCUT2D eigenvalue weighted by molar-refractivity contribution is 7.13. The first-order valence-electron chi connectivity index (χ1n) is 8.35. The second-order valence-corrected chi connectivity index (χ2v) is 7.15. The van der Waals surface area contributed by atoms with Crippen molar-refractivity contribution in [1.29, 1.82) is 0 Å². The summed E-state index contributed by atoms with van der Waals surface area (Å²) in [5.41, 5.74) is 1.37. The average Bonchev–Trinajstić information content (AvgIpc) is 3.14. The predicted molar refractivity (Wildman–Crippen MR) is 99.0 cm³/mol. The Morgan fingerprint density at radius 3 is 2.92 bits per heavy atom. The molecular weight excluding hydrogens is 320 g/mol. The third kappa shape index (κ3) is 2.97. The molecule has 1 aromatic carbocycles. The molecule has 0 unspecified atom stereocenters. The van der Waals surface area contributed by atoms with Gasteiger partial charge in [-0.25, -0.2) is 0 Å². The topological polar surface area (TPSA) is 54.1 Å². The van der Waals surface area contributed by atoms with Crippen LogP contribution in [-0.2, 0) is 0 Å². The van der Waals surface area contributed by atoms with Crippen LogP contribution in [0.3, 0.4) is 0 Å². The van der Waals surface area contributed by atoms with E-state index >= 15 is 0 Å². The van der Waals surface area contributed by atoms with Gasteiger partial charge in [-0.15, -0.1) is 11.3 Å². The molecule has 2 aromatic heterocycles. The summed E-state index contributed by atoms with van der Waals surface area (Å²) in [4.78, 5) is 16.6. The number of H-pyrrole nitrogens is 1. The van der Waals surface area contributed by atoms with Crippen molar-refractivity contribution in [3.63, 3.8) is 0 Å². The lowest BCUT2D eigenvalue weighted by molar-refractivity contribution is 0.221. The summed E-state index contributed by atoms with van der Waals surface area (Å²) in [7, 11) is 0. The normalized spacial score (nSPS) is 17.9. The Morgan fingerprint density at radius 1 is 1.21 bits per heavy atom. The lowest BCUT2D eigenvalue weighted by atomic mass is 10.0. The van der Waals surface area contributed by atoms with Crippen molar-refractivity contribution in [2.24, 2.45) is 5.92 Å². The standard InChI is InChI=1S/C19H20N2O2S/c22-19-17(16-8-4-10-24-16)18(14-6-1-2-7-15(14)21-19)23-12-13-5-3-9-20-11-13/h1-2,4,6-8,10,13,20H,3,5,9,11-12H2,(H,21,22)/t13-/m0/s1. The summed E-state index contributed by atoms with van der Waals surface area (Å²) in [6.45, 7) is 2.71. The molecule has 4 nitrogen and oxygen atoms in total. The largest absolute Gasteiger partial charge is 0.492 e. The van der Waals surface area contributed by atoms with Gasteiger partial charge in [0.25, 0.3) is 5.56 Å². The van der Waals surface area contributed by atoms with E-state index in [0.29, 0.717) is 23.8 Å². The van der Waals surface area contributed by atoms with Gasteiger partial charge in [-0.05, 0) is 43.0 Å². The fraction of sp³-hybridized carbons (Fsp3) is 0.316. The molecule has 1 fully saturated rings. The van der Waals surface area contributed by atoms with Crippen molar-refractivity contribution in [2.45, 2.75) is 12.8 Å². The van der Waals surface area contributed by atoms with Crippen LogP contribution in [0.1, 0.15) is 12.8 Å². The number of rotatable bonds is 4. The molecule has 0 bridgehead atoms. The maximum Gasteiger partial charge on any atom is 0.260 e. The van der Waals surface area contributed by atoms with E-state index < -0.39 is 0 Å². The quantitative estimate of drug-likeness (QED) is 0.762. The molecule has 1 aliphatic heterocycles. The van der Waals surface area contributed by atoms with E-state index in [2.05, 4.69) is 10.3 Å². The number of benzene rings is 1. The number of hydrogen-bond donors (Lipinski definition) is 2. The number of para-hydroxylation sites is 1. The van der Waals surface area contributed by atoms with Crippen LogP contribution in [0.4, 0.5) is 0 Å². The van der Waals surface area contributed by atoms with Crippen molar-refractivity contribution < 1.29 is 4.74 Å². The zero-order valence-electron chi connectivity index (χ0n) is 13.4. The van der Waals surface area contributed by atoms with E-state index in [9.17, 15) is 4.79 Å². The molecule has 2 N–H and O–H groups in total. The van der Waals surface area contributed by atoms with Crippen LogP contribution in [-0.4, -0.2) is 24.7 Å². The fourth-order valence-corrected chi connectivity index (χ4v) is 4.04. The number of aromatic nitrogens is 1. The van der Waals surface area contributed by atoms with Crippen molar-refractivity contribution in [1.82, 2.24) is 10.3 Å². The minimum atomic E-state index is -0.0899. The average molecular weight is 340 g/mol. The van der Waals surface area contributed by atoms with E-state index in [0.717, 1.165) is 28.9 Å². The third-order valence-corrected chi connectivity index (χ3v) is 5.39. The number of pyridine rings is 1. The molecule has 3 aromatic rings. The summed E-state index contributed by atoms with van der Waals surface area (Å²) >= 11 is 1.56. The van der Waals surface area contributed by atoms with Gasteiger partial charge in [0.2, 0.25) is 0 Å². The maximum absolute atomic E-state index is 12.7. The van der Waals surface area contributed by atoms with Gasteiger partial charge < -0.3 is 15.0 Å². The summed E-state index contributed by atoms with van der Waals surface area (Å²) in [6, 6.07) is 11.8. The van der Waals surface area contributed by atoms with Gasteiger partial charge in [-0.1, -0.05) is 18.2 Å². The van der Waals surface area contributed by atoms with Gasteiger partial charge in [0.05, 0.1) is 17.7 Å². The van der Waals surface area contributed by atoms with Crippen LogP contribution in [0.5, 0.6) is 5.75 Å². The lowest BCUT2D eigenvalue weighted by Gasteiger charge is -2.23. The molecule has 4 rings (SSSR count). The van der Waals surface area contributed by atoms with Gasteiger partial charge in [-0.3, -0.25) is 4.79 Å². The monoisotopic (exact) mass is 340 g/mol. The first kappa shape index (κ1) is 15.4. The highest BCUT2D eigenvalue weighted by atomic mass is 32.1. The molecule has 0 amide bonds. The molecule has 0 saturated carbocycles. The highest BCUT2D eigenvalue weighted by Gasteiger charge is 2.19. The molecule has 0 spiro atoms. The predicted octanol–water partition coefficient (Wildman–Crippen LogP) is 3.64. The molecule has 24 heavy (non-hydrogen) atoms. The molecule has 5 heteroatoms. The second kappa shape index (κ2) is 6.79. The van der Waals surface area contributed by atoms with Crippen molar-refractivity contribution in [3.05, 3.63) is 52.1 Å². The van der Waals surface area contributed by atoms with E-state index in [1.807, 2.05) is 41.8 Å². The number of fused-ring (bicyclic) bond motifs is 1. The first-order valence-corrected chi connectivity index (χ1v) is 9.23. The maximum atomic E-state index is 12.7. The Labute approximate surface area is 144 Å². The Balaban J connectivity index is 1.78. The Hall–Kier alpha value is -2.11. The zero-order valence-corrected chi connectivity index (χ0v) is 14.2. The van der Waals surface area contributed by atoms with Gasteiger partial charge in [0.15, 0.2) is 0 Å². The fourth-order valence-electron chi connectivity index (χ4n) is 3.27. The van der Waals surface area contributed by atoms with E-state index in [-0.39, 0.29) is 5.56 Å². The molecule has 0 aliphatic carbocycles. The summed E-state index contributed by atoms with van der Waals surface area (Å²) in [5, 5.41) is 6.36. The number of aromatic amines is 1. The molecular formula is C19H20N2O2S. The van der Waals surface area contributed by atoms with Crippen LogP contribution in [0.15, 0.2) is 46.6 Å². The smallest absolute Gasteiger partial charge is 0.260 e. The van der Waals surface area contributed by atoms with E-state index in [1.165, 1.54) is 12.8 Å². The Bertz CT molecular complexity index is 880. The lowest BCUT2D eigenvalue weighted by Crippen LogP contribution is -2.33. The SMILES string of the molecule is O=c1[nH]c2ccccc2c(OC[C@H]2CCCNC2)c1-c1cccs1. The van der Waals surface area contributed by atoms with Crippen LogP contribution in [0, 0.1) is 5.92 Å². The molecule has 124 valence electrons. The van der Waals surface area contributed by atoms with Crippen LogP contribution in [0.25, 0.3) is 21.3 Å². The van der Waals surface area contributed by atoms with E-state index in [4.69, 9.17) is 4.74 Å². The van der Waals surface area contributed by atoms with Crippen LogP contribution >= 0.6 is 11.3 Å². The Kier molecular flexibility index (Phi) is 4.36. The zero-order chi connectivity index (χ0) is 16.4. The second-order valence-electron chi connectivity index (χ2n) is 6.20. The number of hydrogen-bond acceptors (Lipinski definition) is 4. The molecule has 1 atom stereocenters. The summed E-state index contributed by atoms with van der Waals surface area (Å²) in [5.74, 6) is 1.20. The van der Waals surface area contributed by atoms with Gasteiger partial charge in [0, 0.05) is 22.7 Å². The van der Waals surface area contributed by atoms with Gasteiger partial charge in [-0.2, -0.15) is 0 Å². The van der Waals surface area contributed by atoms with Gasteiger partial charge in [0.1, 0.15) is 5.75 Å². The Morgan fingerprint density at radius 2 is 2.12 bits per heavy atom. The molecule has 1 aliphatic rings. The number of ether oxygens (including phenoxy) is 1. The highest BCUT2D eigenvalue weighted by Crippen LogP contribution is 2.35. The first-order chi connectivity index (χ1) is 11.8. The van der Waals surface area contributed by atoms with Crippen molar-refractivity contribution in [3.8, 4) is 16.2 Å². The number of thiophene rings is 1. The molecule has 1 saturated heterocycles. The number of piperidine rings is 1. The minimum absolute atomic E-state index is 0.0899. The third-order valence-electron chi connectivity index (χ3n) is 4.50. The van der Waals surface area contributed by atoms with E-state index in [1.54, 1.807) is 11.3 Å². The number of nitrogens with one attached hydrogen (secondary N) is 2. The van der Waals surface area contributed by atoms with Gasteiger partial charge >= 0.3 is 0 Å². The van der Waals surface area contributed by atoms with Crippen LogP contribution < -0.4 is 15.6 Å². The summed E-state index contributed by atoms with van der Waals surface area (Å²) in [6.07, 6.45) is 2.35.